The van der Waals surface area contributed by atoms with E-state index in [2.05, 4.69) is 0 Å². The Kier molecular flexibility index (Phi) is 1.97. The number of hydrogen-bond donors (Lipinski definition) is 1. The van der Waals surface area contributed by atoms with Crippen LogP contribution in [0.25, 0.3) is 0 Å². The van der Waals surface area contributed by atoms with Crippen LogP contribution in [0.5, 0.6) is 0 Å². The standard InChI is InChI=1S/C4H8O5S2/c5-10(6)3-1-2-4(10)11(7,8)9/h4H,1-3H2,(H,7,8,9). The molecular weight excluding hydrogens is 192 g/mol. The van der Waals surface area contributed by atoms with Crippen LogP contribution in [0.3, 0.4) is 0 Å². The zero-order chi connectivity index (χ0) is 8.70. The van der Waals surface area contributed by atoms with Crippen LogP contribution in [0, 0.1) is 0 Å². The predicted molar refractivity (Wildman–Crippen MR) is 38.4 cm³/mol. The second-order valence-electron chi connectivity index (χ2n) is 2.45. The van der Waals surface area contributed by atoms with E-state index >= 15 is 0 Å². The van der Waals surface area contributed by atoms with Gasteiger partial charge in [-0.1, -0.05) is 0 Å². The Balaban J connectivity index is 3.11. The van der Waals surface area contributed by atoms with Gasteiger partial charge in [-0.25, -0.2) is 8.42 Å². The van der Waals surface area contributed by atoms with Crippen LogP contribution in [0.4, 0.5) is 0 Å². The first-order chi connectivity index (χ1) is 4.84. The Morgan fingerprint density at radius 2 is 1.91 bits per heavy atom. The van der Waals surface area contributed by atoms with Gasteiger partial charge in [-0.3, -0.25) is 4.55 Å². The molecule has 1 N–H and O–H groups in total. The summed E-state index contributed by atoms with van der Waals surface area (Å²) in [7, 11) is -7.98. The first-order valence-electron chi connectivity index (χ1n) is 3.02. The second-order valence-corrected chi connectivity index (χ2v) is 6.65. The number of hydrogen-bond acceptors (Lipinski definition) is 4. The smallest absolute Gasteiger partial charge is 0.282 e. The molecule has 0 aromatic rings. The third-order valence-electron chi connectivity index (χ3n) is 1.60. The van der Waals surface area contributed by atoms with E-state index in [9.17, 15) is 16.8 Å². The minimum Gasteiger partial charge on any atom is -0.285 e. The molecule has 1 unspecified atom stereocenters. The number of rotatable bonds is 1. The fraction of sp³-hybridized carbons (Fsp3) is 1.00. The van der Waals surface area contributed by atoms with Crippen LogP contribution in [0.1, 0.15) is 12.8 Å². The molecule has 0 amide bonds. The molecule has 0 radical (unpaired) electrons. The second kappa shape index (κ2) is 2.43. The van der Waals surface area contributed by atoms with Crippen molar-refractivity contribution in [3.63, 3.8) is 0 Å². The number of sulfone groups is 1. The summed E-state index contributed by atoms with van der Waals surface area (Å²) in [5.74, 6) is -0.141. The largest absolute Gasteiger partial charge is 0.285 e. The van der Waals surface area contributed by atoms with E-state index in [1.165, 1.54) is 0 Å². The van der Waals surface area contributed by atoms with E-state index in [1.807, 2.05) is 0 Å². The van der Waals surface area contributed by atoms with Crippen molar-refractivity contribution in [2.45, 2.75) is 17.4 Å². The molecule has 1 saturated heterocycles. The summed E-state index contributed by atoms with van der Waals surface area (Å²) in [5.41, 5.74) is 0. The minimum absolute atomic E-state index is 0.0150. The highest BCUT2D eigenvalue weighted by atomic mass is 32.3. The molecule has 1 aliphatic rings. The molecular formula is C4H8O5S2. The summed E-state index contributed by atoms with van der Waals surface area (Å²) >= 11 is 0. The fourth-order valence-electron chi connectivity index (χ4n) is 1.10. The molecule has 1 heterocycles. The molecule has 1 aliphatic heterocycles. The maximum Gasteiger partial charge on any atom is 0.282 e. The Labute approximate surface area is 65.1 Å². The molecule has 66 valence electrons. The van der Waals surface area contributed by atoms with E-state index in [0.717, 1.165) is 0 Å². The van der Waals surface area contributed by atoms with Gasteiger partial charge < -0.3 is 0 Å². The van der Waals surface area contributed by atoms with Gasteiger partial charge in [-0.05, 0) is 12.8 Å². The molecule has 1 atom stereocenters. The van der Waals surface area contributed by atoms with Crippen LogP contribution in [-0.2, 0) is 20.0 Å². The van der Waals surface area contributed by atoms with Gasteiger partial charge in [0.1, 0.15) is 0 Å². The fourth-order valence-corrected chi connectivity index (χ4v) is 4.69. The molecule has 0 saturated carbocycles. The summed E-state index contributed by atoms with van der Waals surface area (Å²) in [6, 6.07) is 0. The van der Waals surface area contributed by atoms with Crippen molar-refractivity contribution >= 4 is 20.0 Å². The molecule has 11 heavy (non-hydrogen) atoms. The summed E-state index contributed by atoms with van der Waals surface area (Å²) in [6.07, 6.45) is 0.327. The first-order valence-corrected chi connectivity index (χ1v) is 6.24. The molecule has 0 aromatic carbocycles. The highest BCUT2D eigenvalue weighted by molar-refractivity contribution is 8.06. The van der Waals surface area contributed by atoms with Crippen LogP contribution < -0.4 is 0 Å². The summed E-state index contributed by atoms with van der Waals surface area (Å²) < 4.78 is 49.5. The van der Waals surface area contributed by atoms with Crippen molar-refractivity contribution in [3.05, 3.63) is 0 Å². The average molecular weight is 200 g/mol. The van der Waals surface area contributed by atoms with Crippen LogP contribution in [0.15, 0.2) is 0 Å². The van der Waals surface area contributed by atoms with Crippen molar-refractivity contribution in [2.24, 2.45) is 0 Å². The topological polar surface area (TPSA) is 88.5 Å². The van der Waals surface area contributed by atoms with Crippen LogP contribution >= 0.6 is 0 Å². The Bertz CT molecular complexity index is 337. The normalized spacial score (nSPS) is 30.5. The van der Waals surface area contributed by atoms with Crippen LogP contribution in [-0.4, -0.2) is 31.7 Å². The maximum atomic E-state index is 10.9. The summed E-state index contributed by atoms with van der Waals surface area (Å²) in [5, 5.41) is 0. The first kappa shape index (κ1) is 8.95. The van der Waals surface area contributed by atoms with Gasteiger partial charge in [0.15, 0.2) is 14.4 Å². The van der Waals surface area contributed by atoms with Gasteiger partial charge >= 0.3 is 0 Å². The third-order valence-corrected chi connectivity index (χ3v) is 6.01. The molecule has 5 nitrogen and oxygen atoms in total. The monoisotopic (exact) mass is 200 g/mol. The SMILES string of the molecule is O=S(=O)(O)C1CCCS1(=O)=O. The Hall–Kier alpha value is -0.140. The zero-order valence-corrected chi connectivity index (χ0v) is 7.23. The predicted octanol–water partition coefficient (Wildman–Crippen LogP) is -0.591. The highest BCUT2D eigenvalue weighted by Gasteiger charge is 2.40. The van der Waals surface area contributed by atoms with E-state index in [1.54, 1.807) is 0 Å². The minimum atomic E-state index is -4.40. The lowest BCUT2D eigenvalue weighted by Crippen LogP contribution is -2.25. The third kappa shape index (κ3) is 1.71. The van der Waals surface area contributed by atoms with Crippen molar-refractivity contribution in [1.29, 1.82) is 0 Å². The van der Waals surface area contributed by atoms with Gasteiger partial charge in [0.25, 0.3) is 10.1 Å². The maximum absolute atomic E-state index is 10.9. The van der Waals surface area contributed by atoms with Gasteiger partial charge in [0.05, 0.1) is 5.75 Å². The zero-order valence-electron chi connectivity index (χ0n) is 5.60. The molecule has 0 bridgehead atoms. The Morgan fingerprint density at radius 1 is 1.36 bits per heavy atom. The summed E-state index contributed by atoms with van der Waals surface area (Å²) in [6.45, 7) is 0. The molecule has 1 fully saturated rings. The molecule has 7 heteroatoms. The van der Waals surface area contributed by atoms with E-state index < -0.39 is 24.5 Å². The van der Waals surface area contributed by atoms with Gasteiger partial charge in [0, 0.05) is 0 Å². The van der Waals surface area contributed by atoms with Crippen molar-refractivity contribution < 1.29 is 21.4 Å². The molecule has 0 aromatic heterocycles. The summed E-state index contributed by atoms with van der Waals surface area (Å²) in [4.78, 5) is 0. The van der Waals surface area contributed by atoms with E-state index in [0.29, 0.717) is 6.42 Å². The van der Waals surface area contributed by atoms with Crippen molar-refractivity contribution in [3.8, 4) is 0 Å². The van der Waals surface area contributed by atoms with E-state index in [-0.39, 0.29) is 12.2 Å². The van der Waals surface area contributed by atoms with Crippen molar-refractivity contribution in [1.82, 2.24) is 0 Å². The lowest BCUT2D eigenvalue weighted by atomic mass is 10.4. The Morgan fingerprint density at radius 3 is 2.09 bits per heavy atom. The molecule has 1 rings (SSSR count). The lowest BCUT2D eigenvalue weighted by Gasteiger charge is -2.02. The van der Waals surface area contributed by atoms with Gasteiger partial charge in [0.2, 0.25) is 0 Å². The quantitative estimate of drug-likeness (QED) is 0.571. The van der Waals surface area contributed by atoms with Crippen LogP contribution in [0.2, 0.25) is 0 Å². The molecule has 0 aliphatic carbocycles. The van der Waals surface area contributed by atoms with E-state index in [4.69, 9.17) is 4.55 Å². The van der Waals surface area contributed by atoms with Gasteiger partial charge in [-0.15, -0.1) is 0 Å². The lowest BCUT2D eigenvalue weighted by molar-refractivity contribution is 0.476. The molecule has 0 spiro atoms. The highest BCUT2D eigenvalue weighted by Crippen LogP contribution is 2.23. The van der Waals surface area contributed by atoms with Crippen molar-refractivity contribution in [2.75, 3.05) is 5.75 Å². The average Bonchev–Trinajstić information content (AvgIpc) is 2.06. The van der Waals surface area contributed by atoms with Gasteiger partial charge in [-0.2, -0.15) is 8.42 Å².